The first-order chi connectivity index (χ1) is 4.79. The van der Waals surface area contributed by atoms with Crippen LogP contribution in [0.5, 0.6) is 0 Å². The summed E-state index contributed by atoms with van der Waals surface area (Å²) in [6.07, 6.45) is -0.570. The fourth-order valence-electron chi connectivity index (χ4n) is 0.647. The van der Waals surface area contributed by atoms with Gasteiger partial charge >= 0.3 is 0 Å². The van der Waals surface area contributed by atoms with Gasteiger partial charge in [0, 0.05) is 21.3 Å². The Morgan fingerprint density at radius 1 is 1.10 bits per heavy atom. The van der Waals surface area contributed by atoms with E-state index in [0.717, 1.165) is 0 Å². The van der Waals surface area contributed by atoms with Crippen molar-refractivity contribution >= 4 is 11.6 Å². The van der Waals surface area contributed by atoms with Crippen molar-refractivity contribution in [3.63, 3.8) is 0 Å². The zero-order valence-corrected chi connectivity index (χ0v) is 7.22. The van der Waals surface area contributed by atoms with Gasteiger partial charge in [-0.25, -0.2) is 0 Å². The standard InChI is InChI=1S/C6H13ClO3/c1-8-5(4-7)6(9-2)10-3/h5-6H,4H2,1-3H3. The first-order valence-corrected chi connectivity index (χ1v) is 3.48. The van der Waals surface area contributed by atoms with Crippen LogP contribution in [0.15, 0.2) is 0 Å². The van der Waals surface area contributed by atoms with Gasteiger partial charge in [-0.3, -0.25) is 0 Å². The molecule has 0 radical (unpaired) electrons. The third kappa shape index (κ3) is 2.84. The average molecular weight is 169 g/mol. The highest BCUT2D eigenvalue weighted by Crippen LogP contribution is 2.04. The van der Waals surface area contributed by atoms with Crippen molar-refractivity contribution in [2.75, 3.05) is 27.2 Å². The van der Waals surface area contributed by atoms with Crippen molar-refractivity contribution in [1.82, 2.24) is 0 Å². The van der Waals surface area contributed by atoms with E-state index in [4.69, 9.17) is 25.8 Å². The molecule has 0 spiro atoms. The Morgan fingerprint density at radius 2 is 1.60 bits per heavy atom. The maximum atomic E-state index is 5.53. The van der Waals surface area contributed by atoms with E-state index in [1.54, 1.807) is 21.3 Å². The molecule has 0 aliphatic heterocycles. The molecule has 0 saturated carbocycles. The van der Waals surface area contributed by atoms with Crippen LogP contribution in [0, 0.1) is 0 Å². The van der Waals surface area contributed by atoms with Crippen LogP contribution in [0.1, 0.15) is 0 Å². The Bertz CT molecular complexity index is 61.4. The number of halogens is 1. The van der Waals surface area contributed by atoms with Gasteiger partial charge in [0.25, 0.3) is 0 Å². The van der Waals surface area contributed by atoms with E-state index in [1.807, 2.05) is 0 Å². The van der Waals surface area contributed by atoms with Crippen LogP contribution in [0.4, 0.5) is 0 Å². The molecule has 0 heterocycles. The van der Waals surface area contributed by atoms with Crippen LogP contribution in [-0.4, -0.2) is 39.6 Å². The maximum Gasteiger partial charge on any atom is 0.184 e. The summed E-state index contributed by atoms with van der Waals surface area (Å²) in [5.74, 6) is 0.364. The summed E-state index contributed by atoms with van der Waals surface area (Å²) in [6.45, 7) is 0. The average Bonchev–Trinajstić information content (AvgIpc) is 2.00. The largest absolute Gasteiger partial charge is 0.375 e. The molecule has 0 bridgehead atoms. The van der Waals surface area contributed by atoms with Gasteiger partial charge in [0.2, 0.25) is 0 Å². The lowest BCUT2D eigenvalue weighted by Crippen LogP contribution is -2.32. The molecule has 0 rings (SSSR count). The monoisotopic (exact) mass is 168 g/mol. The summed E-state index contributed by atoms with van der Waals surface area (Å²) in [6, 6.07) is 0. The predicted octanol–water partition coefficient (Wildman–Crippen LogP) is 0.859. The highest BCUT2D eigenvalue weighted by atomic mass is 35.5. The molecule has 0 aromatic rings. The van der Waals surface area contributed by atoms with Crippen LogP contribution in [-0.2, 0) is 14.2 Å². The minimum absolute atomic E-state index is 0.198. The quantitative estimate of drug-likeness (QED) is 0.450. The van der Waals surface area contributed by atoms with E-state index >= 15 is 0 Å². The van der Waals surface area contributed by atoms with Gasteiger partial charge in [-0.05, 0) is 0 Å². The Balaban J connectivity index is 3.70. The molecular formula is C6H13ClO3. The zero-order valence-electron chi connectivity index (χ0n) is 6.46. The lowest BCUT2D eigenvalue weighted by molar-refractivity contribution is -0.166. The predicted molar refractivity (Wildman–Crippen MR) is 39.3 cm³/mol. The second-order valence-corrected chi connectivity index (χ2v) is 2.08. The summed E-state index contributed by atoms with van der Waals surface area (Å²) < 4.78 is 14.8. The molecule has 0 aromatic carbocycles. The van der Waals surface area contributed by atoms with Crippen molar-refractivity contribution in [2.24, 2.45) is 0 Å². The molecule has 62 valence electrons. The minimum atomic E-state index is -0.373. The van der Waals surface area contributed by atoms with Crippen LogP contribution in [0.3, 0.4) is 0 Å². The van der Waals surface area contributed by atoms with E-state index in [1.165, 1.54) is 0 Å². The summed E-state index contributed by atoms with van der Waals surface area (Å²) in [7, 11) is 4.66. The molecule has 1 atom stereocenters. The maximum absolute atomic E-state index is 5.53. The van der Waals surface area contributed by atoms with E-state index in [-0.39, 0.29) is 12.4 Å². The number of methoxy groups -OCH3 is 3. The molecule has 4 heteroatoms. The van der Waals surface area contributed by atoms with E-state index in [0.29, 0.717) is 5.88 Å². The molecule has 1 unspecified atom stereocenters. The van der Waals surface area contributed by atoms with Crippen LogP contribution in [0.2, 0.25) is 0 Å². The van der Waals surface area contributed by atoms with Crippen LogP contribution in [0.25, 0.3) is 0 Å². The number of alkyl halides is 1. The molecule has 10 heavy (non-hydrogen) atoms. The molecule has 0 fully saturated rings. The first kappa shape index (κ1) is 10.2. The molecular weight excluding hydrogens is 156 g/mol. The number of hydrogen-bond donors (Lipinski definition) is 0. The fourth-order valence-corrected chi connectivity index (χ4v) is 0.918. The van der Waals surface area contributed by atoms with Crippen molar-refractivity contribution in [3.05, 3.63) is 0 Å². The Hall–Kier alpha value is 0.170. The third-order valence-corrected chi connectivity index (χ3v) is 1.53. The van der Waals surface area contributed by atoms with Crippen molar-refractivity contribution in [1.29, 1.82) is 0 Å². The smallest absolute Gasteiger partial charge is 0.184 e. The lowest BCUT2D eigenvalue weighted by Gasteiger charge is -2.20. The van der Waals surface area contributed by atoms with E-state index in [2.05, 4.69) is 0 Å². The molecule has 0 aliphatic rings. The van der Waals surface area contributed by atoms with E-state index in [9.17, 15) is 0 Å². The highest BCUT2D eigenvalue weighted by molar-refractivity contribution is 6.18. The second kappa shape index (κ2) is 5.92. The molecule has 0 amide bonds. The second-order valence-electron chi connectivity index (χ2n) is 1.77. The van der Waals surface area contributed by atoms with Crippen molar-refractivity contribution in [2.45, 2.75) is 12.4 Å². The zero-order chi connectivity index (χ0) is 7.98. The normalized spacial score (nSPS) is 14.1. The van der Waals surface area contributed by atoms with Gasteiger partial charge in [-0.1, -0.05) is 0 Å². The van der Waals surface area contributed by atoms with Gasteiger partial charge in [0.05, 0.1) is 5.88 Å². The molecule has 0 aliphatic carbocycles. The van der Waals surface area contributed by atoms with Gasteiger partial charge < -0.3 is 14.2 Å². The number of hydrogen-bond acceptors (Lipinski definition) is 3. The Morgan fingerprint density at radius 3 is 1.70 bits per heavy atom. The number of rotatable bonds is 5. The number of ether oxygens (including phenoxy) is 3. The Kier molecular flexibility index (Phi) is 6.02. The summed E-state index contributed by atoms with van der Waals surface area (Å²) in [4.78, 5) is 0. The van der Waals surface area contributed by atoms with Crippen LogP contribution < -0.4 is 0 Å². The fraction of sp³-hybridized carbons (Fsp3) is 1.00. The van der Waals surface area contributed by atoms with Gasteiger partial charge in [0.1, 0.15) is 6.10 Å². The van der Waals surface area contributed by atoms with Gasteiger partial charge in [-0.15, -0.1) is 11.6 Å². The van der Waals surface area contributed by atoms with Gasteiger partial charge in [0.15, 0.2) is 6.29 Å². The van der Waals surface area contributed by atoms with E-state index < -0.39 is 0 Å². The van der Waals surface area contributed by atoms with Gasteiger partial charge in [-0.2, -0.15) is 0 Å². The molecule has 3 nitrogen and oxygen atoms in total. The lowest BCUT2D eigenvalue weighted by atomic mass is 10.4. The minimum Gasteiger partial charge on any atom is -0.375 e. The Labute approximate surface area is 66.2 Å². The molecule has 0 saturated heterocycles. The van der Waals surface area contributed by atoms with Crippen molar-refractivity contribution < 1.29 is 14.2 Å². The summed E-state index contributed by atoms with van der Waals surface area (Å²) in [5.41, 5.74) is 0. The summed E-state index contributed by atoms with van der Waals surface area (Å²) in [5, 5.41) is 0. The molecule has 0 aromatic heterocycles. The highest BCUT2D eigenvalue weighted by Gasteiger charge is 2.18. The first-order valence-electron chi connectivity index (χ1n) is 2.94. The third-order valence-electron chi connectivity index (χ3n) is 1.22. The summed E-state index contributed by atoms with van der Waals surface area (Å²) >= 11 is 5.53. The van der Waals surface area contributed by atoms with Crippen LogP contribution >= 0.6 is 11.6 Å². The topological polar surface area (TPSA) is 27.7 Å². The SMILES string of the molecule is COC(CCl)C(OC)OC. The van der Waals surface area contributed by atoms with Crippen molar-refractivity contribution in [3.8, 4) is 0 Å². The molecule has 0 N–H and O–H groups in total.